The molecular weight excluding hydrogens is 401 g/mol. The number of nitrogens with zero attached hydrogens (tertiary/aromatic N) is 2. The van der Waals surface area contributed by atoms with E-state index in [2.05, 4.69) is 39.9 Å². The Morgan fingerprint density at radius 2 is 1.97 bits per heavy atom. The van der Waals surface area contributed by atoms with Gasteiger partial charge in [-0.1, -0.05) is 24.3 Å². The van der Waals surface area contributed by atoms with Gasteiger partial charge in [-0.25, -0.2) is 9.18 Å². The molecule has 0 radical (unpaired) electrons. The summed E-state index contributed by atoms with van der Waals surface area (Å²) in [6, 6.07) is 13.4. The molecule has 0 spiro atoms. The van der Waals surface area contributed by atoms with E-state index in [1.54, 1.807) is 17.4 Å². The average Bonchev–Trinajstić information content (AvgIpc) is 3.17. The van der Waals surface area contributed by atoms with Crippen molar-refractivity contribution in [3.05, 3.63) is 64.8 Å². The van der Waals surface area contributed by atoms with Crippen LogP contribution in [0.1, 0.15) is 11.1 Å². The van der Waals surface area contributed by atoms with Crippen LogP contribution in [-0.2, 0) is 13.0 Å². The molecule has 5 nitrogen and oxygen atoms in total. The van der Waals surface area contributed by atoms with Gasteiger partial charge in [0.15, 0.2) is 11.6 Å². The number of nitrogens with one attached hydrogen (secondary N) is 1. The lowest BCUT2D eigenvalue weighted by Crippen LogP contribution is -2.51. The Kier molecular flexibility index (Phi) is 6.50. The van der Waals surface area contributed by atoms with E-state index in [-0.39, 0.29) is 17.6 Å². The number of rotatable bonds is 6. The summed E-state index contributed by atoms with van der Waals surface area (Å²) >= 11 is 1.75. The van der Waals surface area contributed by atoms with Gasteiger partial charge in [-0.2, -0.15) is 0 Å². The smallest absolute Gasteiger partial charge is 0.317 e. The first-order chi connectivity index (χ1) is 14.6. The standard InChI is InChI=1S/C23H26FN3O2S/c1-29-21-7-6-17(14-20(21)24)15-26-10-12-27(13-11-26)23(28)25-9-8-18-16-30-22-5-3-2-4-19(18)22/h2-7,14,16H,8-13,15H2,1H3,(H,25,28). The maximum atomic E-state index is 13.9. The maximum Gasteiger partial charge on any atom is 0.317 e. The van der Waals surface area contributed by atoms with Crippen molar-refractivity contribution in [2.24, 2.45) is 0 Å². The van der Waals surface area contributed by atoms with Gasteiger partial charge in [0.2, 0.25) is 0 Å². The highest BCUT2D eigenvalue weighted by molar-refractivity contribution is 7.17. The van der Waals surface area contributed by atoms with E-state index in [0.29, 0.717) is 26.2 Å². The molecule has 1 aliphatic heterocycles. The van der Waals surface area contributed by atoms with Gasteiger partial charge in [0, 0.05) is 44.0 Å². The summed E-state index contributed by atoms with van der Waals surface area (Å²) in [7, 11) is 1.46. The number of ether oxygens (including phenoxy) is 1. The minimum atomic E-state index is -0.341. The third-order valence-electron chi connectivity index (χ3n) is 5.51. The van der Waals surface area contributed by atoms with E-state index in [0.717, 1.165) is 25.1 Å². The van der Waals surface area contributed by atoms with Gasteiger partial charge in [-0.3, -0.25) is 4.90 Å². The van der Waals surface area contributed by atoms with Crippen LogP contribution in [0, 0.1) is 5.82 Å². The normalized spacial score (nSPS) is 14.8. The van der Waals surface area contributed by atoms with Crippen molar-refractivity contribution in [2.45, 2.75) is 13.0 Å². The molecule has 7 heteroatoms. The molecule has 0 atom stereocenters. The molecule has 3 aromatic rings. The highest BCUT2D eigenvalue weighted by Gasteiger charge is 2.21. The summed E-state index contributed by atoms with van der Waals surface area (Å²) in [5.41, 5.74) is 2.20. The Bertz CT molecular complexity index is 1010. The molecule has 1 fully saturated rings. The van der Waals surface area contributed by atoms with Crippen molar-refractivity contribution >= 4 is 27.5 Å². The molecule has 1 aromatic heterocycles. The van der Waals surface area contributed by atoms with Gasteiger partial charge in [0.05, 0.1) is 7.11 Å². The largest absolute Gasteiger partial charge is 0.494 e. The van der Waals surface area contributed by atoms with E-state index in [1.807, 2.05) is 11.0 Å². The zero-order valence-corrected chi connectivity index (χ0v) is 17.9. The van der Waals surface area contributed by atoms with Gasteiger partial charge >= 0.3 is 6.03 Å². The van der Waals surface area contributed by atoms with Gasteiger partial charge in [-0.15, -0.1) is 11.3 Å². The monoisotopic (exact) mass is 427 g/mol. The summed E-state index contributed by atoms with van der Waals surface area (Å²) in [4.78, 5) is 16.6. The molecule has 0 bridgehead atoms. The van der Waals surface area contributed by atoms with Crippen LogP contribution in [0.5, 0.6) is 5.75 Å². The number of carbonyl (C=O) groups is 1. The molecule has 158 valence electrons. The number of urea groups is 1. The summed E-state index contributed by atoms with van der Waals surface area (Å²) in [5.74, 6) is -0.0814. The zero-order valence-electron chi connectivity index (χ0n) is 17.1. The Morgan fingerprint density at radius 3 is 2.73 bits per heavy atom. The summed E-state index contributed by atoms with van der Waals surface area (Å²) in [5, 5.41) is 6.51. The first-order valence-corrected chi connectivity index (χ1v) is 11.0. The van der Waals surface area contributed by atoms with Crippen LogP contribution in [0.25, 0.3) is 10.1 Å². The molecular formula is C23H26FN3O2S. The second kappa shape index (κ2) is 9.45. The number of thiophene rings is 1. The number of piperazine rings is 1. The topological polar surface area (TPSA) is 44.8 Å². The Morgan fingerprint density at radius 1 is 1.17 bits per heavy atom. The van der Waals surface area contributed by atoms with E-state index < -0.39 is 0 Å². The second-order valence-electron chi connectivity index (χ2n) is 7.47. The molecule has 0 saturated carbocycles. The van der Waals surface area contributed by atoms with Crippen molar-refractivity contribution < 1.29 is 13.9 Å². The Balaban J connectivity index is 1.22. The Labute approximate surface area is 180 Å². The number of carbonyl (C=O) groups excluding carboxylic acids is 1. The average molecular weight is 428 g/mol. The first kappa shape index (κ1) is 20.6. The van der Waals surface area contributed by atoms with Gasteiger partial charge in [0.25, 0.3) is 0 Å². The number of amides is 2. The third kappa shape index (κ3) is 4.74. The van der Waals surface area contributed by atoms with E-state index in [9.17, 15) is 9.18 Å². The number of hydrogen-bond donors (Lipinski definition) is 1. The van der Waals surface area contributed by atoms with Crippen LogP contribution in [0.4, 0.5) is 9.18 Å². The molecule has 1 N–H and O–H groups in total. The molecule has 1 aliphatic rings. The minimum Gasteiger partial charge on any atom is -0.494 e. The van der Waals surface area contributed by atoms with Crippen molar-refractivity contribution in [3.8, 4) is 5.75 Å². The molecule has 1 saturated heterocycles. The lowest BCUT2D eigenvalue weighted by molar-refractivity contribution is 0.135. The first-order valence-electron chi connectivity index (χ1n) is 10.2. The highest BCUT2D eigenvalue weighted by atomic mass is 32.1. The molecule has 2 aromatic carbocycles. The zero-order chi connectivity index (χ0) is 20.9. The second-order valence-corrected chi connectivity index (χ2v) is 8.38. The van der Waals surface area contributed by atoms with Crippen molar-refractivity contribution in [2.75, 3.05) is 39.8 Å². The number of hydrogen-bond acceptors (Lipinski definition) is 4. The fourth-order valence-corrected chi connectivity index (χ4v) is 4.82. The van der Waals surface area contributed by atoms with Crippen LogP contribution in [0.2, 0.25) is 0 Å². The van der Waals surface area contributed by atoms with Crippen LogP contribution in [-0.4, -0.2) is 55.7 Å². The van der Waals surface area contributed by atoms with Crippen molar-refractivity contribution in [1.82, 2.24) is 15.1 Å². The van der Waals surface area contributed by atoms with E-state index in [1.165, 1.54) is 28.8 Å². The summed E-state index contributed by atoms with van der Waals surface area (Å²) in [6.45, 7) is 4.19. The maximum absolute atomic E-state index is 13.9. The predicted octanol–water partition coefficient (Wildman–Crippen LogP) is 4.12. The summed E-state index contributed by atoms with van der Waals surface area (Å²) < 4.78 is 20.1. The fourth-order valence-electron chi connectivity index (χ4n) is 3.82. The van der Waals surface area contributed by atoms with E-state index in [4.69, 9.17) is 4.74 Å². The molecule has 2 heterocycles. The highest BCUT2D eigenvalue weighted by Crippen LogP contribution is 2.25. The van der Waals surface area contributed by atoms with Gasteiger partial charge < -0.3 is 15.0 Å². The lowest BCUT2D eigenvalue weighted by atomic mass is 10.1. The molecule has 30 heavy (non-hydrogen) atoms. The predicted molar refractivity (Wildman–Crippen MR) is 119 cm³/mol. The fraction of sp³-hybridized carbons (Fsp3) is 0.348. The number of halogens is 1. The van der Waals surface area contributed by atoms with Crippen LogP contribution in [0.15, 0.2) is 47.8 Å². The molecule has 0 aliphatic carbocycles. The van der Waals surface area contributed by atoms with Gasteiger partial charge in [0.1, 0.15) is 0 Å². The number of methoxy groups -OCH3 is 1. The van der Waals surface area contributed by atoms with Crippen molar-refractivity contribution in [1.29, 1.82) is 0 Å². The van der Waals surface area contributed by atoms with Crippen LogP contribution < -0.4 is 10.1 Å². The Hall–Kier alpha value is -2.64. The minimum absolute atomic E-state index is 0.00956. The third-order valence-corrected chi connectivity index (χ3v) is 6.53. The lowest BCUT2D eigenvalue weighted by Gasteiger charge is -2.34. The number of benzene rings is 2. The summed E-state index contributed by atoms with van der Waals surface area (Å²) in [6.07, 6.45) is 0.832. The SMILES string of the molecule is COc1ccc(CN2CCN(C(=O)NCCc3csc4ccccc34)CC2)cc1F. The van der Waals surface area contributed by atoms with Crippen LogP contribution in [0.3, 0.4) is 0 Å². The molecule has 4 rings (SSSR count). The molecule has 0 unspecified atom stereocenters. The molecule has 2 amide bonds. The number of fused-ring (bicyclic) bond motifs is 1. The van der Waals surface area contributed by atoms with Crippen molar-refractivity contribution in [3.63, 3.8) is 0 Å². The van der Waals surface area contributed by atoms with E-state index >= 15 is 0 Å². The quantitative estimate of drug-likeness (QED) is 0.644. The van der Waals surface area contributed by atoms with Crippen LogP contribution >= 0.6 is 11.3 Å². The van der Waals surface area contributed by atoms with Gasteiger partial charge in [-0.05, 0) is 46.5 Å².